The molecule has 3 aromatic heterocycles. The van der Waals surface area contributed by atoms with Gasteiger partial charge in [0.15, 0.2) is 5.82 Å². The number of pyridine rings is 1. The largest absolute Gasteiger partial charge is 0.441 e. The topological polar surface area (TPSA) is 85.8 Å². The molecule has 1 N–H and O–H groups in total. The van der Waals surface area contributed by atoms with Crippen LogP contribution in [0.4, 0.5) is 5.82 Å². The summed E-state index contributed by atoms with van der Waals surface area (Å²) in [6.45, 7) is 8.05. The number of carbonyl (C=O) groups is 1. The number of anilines is 1. The average Bonchev–Trinajstić information content (AvgIpc) is 3.33. The van der Waals surface area contributed by atoms with Crippen molar-refractivity contribution in [2.45, 2.75) is 39.5 Å². The lowest BCUT2D eigenvalue weighted by Crippen LogP contribution is -2.18. The van der Waals surface area contributed by atoms with Crippen LogP contribution in [-0.4, -0.2) is 25.7 Å². The Bertz CT molecular complexity index is 1190. The molecule has 0 radical (unpaired) electrons. The van der Waals surface area contributed by atoms with Crippen molar-refractivity contribution in [1.29, 1.82) is 0 Å². The fraction of sp³-hybridized carbons (Fsp3) is 0.250. The molecule has 1 aromatic carbocycles. The summed E-state index contributed by atoms with van der Waals surface area (Å²) in [6.07, 6.45) is 1.80. The summed E-state index contributed by atoms with van der Waals surface area (Å²) in [5, 5.41) is 7.64. The third-order valence-corrected chi connectivity index (χ3v) is 4.85. The van der Waals surface area contributed by atoms with Crippen LogP contribution in [-0.2, 0) is 16.6 Å². The van der Waals surface area contributed by atoms with E-state index >= 15 is 0 Å². The molecular formula is C24H25N5O2. The molecule has 7 nitrogen and oxygen atoms in total. The standard InChI is InChI=1S/C24H25N5O2/c1-16-18(26-23(31-16)17-10-6-5-7-11-17)14-22(30)27-21-15-19(24(2,3)4)28-29(21)20-12-8-9-13-25-20/h5-13,15H,14H2,1-4H3,(H,27,30). The molecule has 158 valence electrons. The lowest BCUT2D eigenvalue weighted by atomic mass is 9.92. The maximum Gasteiger partial charge on any atom is 0.231 e. The predicted molar refractivity (Wildman–Crippen MR) is 119 cm³/mol. The molecule has 0 aliphatic rings. The maximum absolute atomic E-state index is 12.9. The van der Waals surface area contributed by atoms with Gasteiger partial charge < -0.3 is 9.73 Å². The van der Waals surface area contributed by atoms with Gasteiger partial charge in [-0.05, 0) is 31.2 Å². The van der Waals surface area contributed by atoms with Crippen molar-refractivity contribution in [1.82, 2.24) is 19.7 Å². The summed E-state index contributed by atoms with van der Waals surface area (Å²) in [4.78, 5) is 21.8. The van der Waals surface area contributed by atoms with Crippen LogP contribution in [0.25, 0.3) is 17.3 Å². The highest BCUT2D eigenvalue weighted by Crippen LogP contribution is 2.26. The summed E-state index contributed by atoms with van der Waals surface area (Å²) in [7, 11) is 0. The molecule has 0 atom stereocenters. The molecule has 31 heavy (non-hydrogen) atoms. The number of rotatable bonds is 5. The van der Waals surface area contributed by atoms with Crippen LogP contribution >= 0.6 is 0 Å². The first-order chi connectivity index (χ1) is 14.8. The summed E-state index contributed by atoms with van der Waals surface area (Å²) < 4.78 is 7.43. The van der Waals surface area contributed by atoms with Crippen molar-refractivity contribution in [3.05, 3.63) is 77.9 Å². The van der Waals surface area contributed by atoms with E-state index in [1.807, 2.05) is 61.5 Å². The molecule has 0 aliphatic heterocycles. The molecule has 0 saturated carbocycles. The van der Waals surface area contributed by atoms with Crippen molar-refractivity contribution in [3.63, 3.8) is 0 Å². The summed E-state index contributed by atoms with van der Waals surface area (Å²) in [6, 6.07) is 17.1. The van der Waals surface area contributed by atoms with E-state index in [9.17, 15) is 4.79 Å². The smallest absolute Gasteiger partial charge is 0.231 e. The zero-order chi connectivity index (χ0) is 22.0. The Hall–Kier alpha value is -3.74. The molecule has 0 fully saturated rings. The van der Waals surface area contributed by atoms with E-state index in [2.05, 4.69) is 41.2 Å². The third-order valence-electron chi connectivity index (χ3n) is 4.85. The molecule has 3 heterocycles. The van der Waals surface area contributed by atoms with Crippen LogP contribution in [0.5, 0.6) is 0 Å². The minimum Gasteiger partial charge on any atom is -0.441 e. The van der Waals surface area contributed by atoms with E-state index in [0.717, 1.165) is 11.3 Å². The molecule has 0 spiro atoms. The fourth-order valence-electron chi connectivity index (χ4n) is 3.13. The monoisotopic (exact) mass is 415 g/mol. The zero-order valence-corrected chi connectivity index (χ0v) is 18.1. The highest BCUT2D eigenvalue weighted by Gasteiger charge is 2.22. The summed E-state index contributed by atoms with van der Waals surface area (Å²) in [5.74, 6) is 2.14. The third kappa shape index (κ3) is 4.55. The number of benzene rings is 1. The van der Waals surface area contributed by atoms with Crippen LogP contribution in [0.1, 0.15) is 37.9 Å². The highest BCUT2D eigenvalue weighted by atomic mass is 16.4. The minimum atomic E-state index is -0.200. The van der Waals surface area contributed by atoms with Crippen LogP contribution in [0.3, 0.4) is 0 Å². The molecule has 4 rings (SSSR count). The second kappa shape index (κ2) is 8.18. The normalized spacial score (nSPS) is 11.5. The average molecular weight is 415 g/mol. The van der Waals surface area contributed by atoms with Crippen molar-refractivity contribution in [2.24, 2.45) is 0 Å². The van der Waals surface area contributed by atoms with Gasteiger partial charge in [-0.2, -0.15) is 9.78 Å². The SMILES string of the molecule is Cc1oc(-c2ccccc2)nc1CC(=O)Nc1cc(C(C)(C)C)nn1-c1ccccn1. The first-order valence-corrected chi connectivity index (χ1v) is 10.1. The van der Waals surface area contributed by atoms with Crippen molar-refractivity contribution >= 4 is 11.7 Å². The quantitative estimate of drug-likeness (QED) is 0.510. The van der Waals surface area contributed by atoms with Crippen LogP contribution < -0.4 is 5.32 Å². The van der Waals surface area contributed by atoms with Gasteiger partial charge in [0.1, 0.15) is 11.6 Å². The summed E-state index contributed by atoms with van der Waals surface area (Å²) in [5.41, 5.74) is 2.17. The van der Waals surface area contributed by atoms with Gasteiger partial charge in [-0.1, -0.05) is 45.0 Å². The molecule has 0 bridgehead atoms. The zero-order valence-electron chi connectivity index (χ0n) is 18.1. The highest BCUT2D eigenvalue weighted by molar-refractivity contribution is 5.91. The van der Waals surface area contributed by atoms with E-state index in [1.165, 1.54) is 0 Å². The van der Waals surface area contributed by atoms with Crippen molar-refractivity contribution in [3.8, 4) is 17.3 Å². The van der Waals surface area contributed by atoms with Gasteiger partial charge in [-0.15, -0.1) is 0 Å². The Morgan fingerprint density at radius 3 is 2.52 bits per heavy atom. The van der Waals surface area contributed by atoms with Gasteiger partial charge in [0.05, 0.1) is 17.8 Å². The van der Waals surface area contributed by atoms with E-state index in [0.29, 0.717) is 29.0 Å². The molecule has 0 saturated heterocycles. The number of amides is 1. The van der Waals surface area contributed by atoms with Gasteiger partial charge in [0.2, 0.25) is 11.8 Å². The van der Waals surface area contributed by atoms with Crippen LogP contribution in [0.15, 0.2) is 65.2 Å². The molecular weight excluding hydrogens is 390 g/mol. The molecule has 0 aliphatic carbocycles. The Morgan fingerprint density at radius 2 is 1.84 bits per heavy atom. The van der Waals surface area contributed by atoms with E-state index in [-0.39, 0.29) is 17.7 Å². The maximum atomic E-state index is 12.9. The summed E-state index contributed by atoms with van der Waals surface area (Å²) >= 11 is 0. The van der Waals surface area contributed by atoms with Gasteiger partial charge in [0.25, 0.3) is 0 Å². The van der Waals surface area contributed by atoms with E-state index < -0.39 is 0 Å². The number of aromatic nitrogens is 4. The minimum absolute atomic E-state index is 0.0976. The molecule has 4 aromatic rings. The Balaban J connectivity index is 1.58. The Labute approximate surface area is 181 Å². The second-order valence-corrected chi connectivity index (χ2v) is 8.38. The van der Waals surface area contributed by atoms with E-state index in [4.69, 9.17) is 4.42 Å². The van der Waals surface area contributed by atoms with Crippen molar-refractivity contribution < 1.29 is 9.21 Å². The number of oxazole rings is 1. The molecule has 1 amide bonds. The Morgan fingerprint density at radius 1 is 1.10 bits per heavy atom. The van der Waals surface area contributed by atoms with Crippen LogP contribution in [0.2, 0.25) is 0 Å². The molecule has 7 heteroatoms. The fourth-order valence-corrected chi connectivity index (χ4v) is 3.13. The number of hydrogen-bond acceptors (Lipinski definition) is 5. The number of nitrogens with zero attached hydrogens (tertiary/aromatic N) is 4. The lowest BCUT2D eigenvalue weighted by Gasteiger charge is -2.13. The number of carbonyl (C=O) groups excluding carboxylic acids is 1. The van der Waals surface area contributed by atoms with Gasteiger partial charge in [0, 0.05) is 23.2 Å². The first kappa shape index (κ1) is 20.5. The van der Waals surface area contributed by atoms with Gasteiger partial charge in [-0.3, -0.25) is 4.79 Å². The van der Waals surface area contributed by atoms with Gasteiger partial charge >= 0.3 is 0 Å². The lowest BCUT2D eigenvalue weighted by molar-refractivity contribution is -0.115. The number of nitrogens with one attached hydrogen (secondary N) is 1. The predicted octanol–water partition coefficient (Wildman–Crippen LogP) is 4.71. The molecule has 0 unspecified atom stereocenters. The number of aryl methyl sites for hydroxylation is 1. The first-order valence-electron chi connectivity index (χ1n) is 10.1. The van der Waals surface area contributed by atoms with Crippen molar-refractivity contribution in [2.75, 3.05) is 5.32 Å². The second-order valence-electron chi connectivity index (χ2n) is 8.38. The Kier molecular flexibility index (Phi) is 5.42. The number of hydrogen-bond donors (Lipinski definition) is 1. The van der Waals surface area contributed by atoms with E-state index in [1.54, 1.807) is 10.9 Å². The van der Waals surface area contributed by atoms with Gasteiger partial charge in [-0.25, -0.2) is 9.97 Å². The van der Waals surface area contributed by atoms with Crippen LogP contribution in [0, 0.1) is 6.92 Å².